The van der Waals surface area contributed by atoms with Gasteiger partial charge in [-0.05, 0) is 56.2 Å². The van der Waals surface area contributed by atoms with E-state index in [0.717, 1.165) is 0 Å². The highest BCUT2D eigenvalue weighted by Crippen LogP contribution is 2.31. The maximum absolute atomic E-state index is 14.1. The summed E-state index contributed by atoms with van der Waals surface area (Å²) in [7, 11) is 0. The number of hydrogen-bond acceptors (Lipinski definition) is 3. The van der Waals surface area contributed by atoms with E-state index in [1.165, 1.54) is 12.1 Å². The number of Topliss-reactive ketones (excluding diaryl/α,β-unsaturated/α-hetero) is 1. The Kier molecular flexibility index (Phi) is 6.57. The number of hydrogen-bond donors (Lipinski definition) is 1. The quantitative estimate of drug-likeness (QED) is 0.597. The molecular weight excluding hydrogens is 338 g/mol. The number of rotatable bonds is 6. The smallest absolute Gasteiger partial charge is 0.369 e. The van der Waals surface area contributed by atoms with E-state index in [2.05, 4.69) is 0 Å². The Morgan fingerprint density at radius 2 is 1.92 bits per heavy atom. The molecule has 0 heterocycles. The van der Waals surface area contributed by atoms with Crippen molar-refractivity contribution in [3.8, 4) is 0 Å². The molecule has 0 bridgehead atoms. The predicted molar refractivity (Wildman–Crippen MR) is 85.7 cm³/mol. The van der Waals surface area contributed by atoms with Gasteiger partial charge in [-0.25, -0.2) is 4.39 Å². The summed E-state index contributed by atoms with van der Waals surface area (Å²) in [5, 5.41) is 0. The van der Waals surface area contributed by atoms with Crippen molar-refractivity contribution in [1.82, 2.24) is 0 Å². The van der Waals surface area contributed by atoms with Crippen LogP contribution in [-0.4, -0.2) is 24.7 Å². The van der Waals surface area contributed by atoms with Gasteiger partial charge in [0.2, 0.25) is 0 Å². The van der Waals surface area contributed by atoms with Gasteiger partial charge in [0.25, 0.3) is 0 Å². The molecule has 0 spiro atoms. The highest BCUT2D eigenvalue weighted by Gasteiger charge is 2.31. The Morgan fingerprint density at radius 3 is 2.44 bits per heavy atom. The second kappa shape index (κ2) is 8.27. The number of benzene rings is 1. The Morgan fingerprint density at radius 1 is 1.28 bits per heavy atom. The Balaban J connectivity index is 1.84. The van der Waals surface area contributed by atoms with Gasteiger partial charge in [-0.15, -0.1) is 0 Å². The lowest BCUT2D eigenvalue weighted by molar-refractivity contribution is -0.188. The highest BCUT2D eigenvalue weighted by molar-refractivity contribution is 5.96. The van der Waals surface area contributed by atoms with Gasteiger partial charge < -0.3 is 10.5 Å². The molecule has 3 nitrogen and oxygen atoms in total. The lowest BCUT2D eigenvalue weighted by atomic mass is 9.83. The third kappa shape index (κ3) is 6.08. The lowest BCUT2D eigenvalue weighted by Crippen LogP contribution is -2.27. The van der Waals surface area contributed by atoms with Gasteiger partial charge in [0.05, 0.1) is 11.7 Å². The number of nitrogens with two attached hydrogens (primary N) is 1. The van der Waals surface area contributed by atoms with Crippen LogP contribution in [0.1, 0.15) is 61.0 Å². The van der Waals surface area contributed by atoms with Crippen molar-refractivity contribution in [2.24, 2.45) is 11.7 Å². The number of halogens is 4. The third-order valence-corrected chi connectivity index (χ3v) is 4.57. The van der Waals surface area contributed by atoms with E-state index in [1.54, 1.807) is 13.0 Å². The molecule has 1 aromatic rings. The van der Waals surface area contributed by atoms with E-state index in [-0.39, 0.29) is 29.7 Å². The summed E-state index contributed by atoms with van der Waals surface area (Å²) in [5.74, 6) is -0.818. The molecule has 0 saturated heterocycles. The summed E-state index contributed by atoms with van der Waals surface area (Å²) in [5.41, 5.74) is 6.35. The van der Waals surface area contributed by atoms with Crippen LogP contribution in [0.4, 0.5) is 17.6 Å². The Bertz CT molecular complexity index is 593. The number of alkyl halides is 3. The maximum Gasteiger partial charge on any atom is 0.411 e. The van der Waals surface area contributed by atoms with E-state index in [9.17, 15) is 22.4 Å². The van der Waals surface area contributed by atoms with E-state index >= 15 is 0 Å². The van der Waals surface area contributed by atoms with Gasteiger partial charge in [-0.3, -0.25) is 4.79 Å². The average Bonchev–Trinajstić information content (AvgIpc) is 2.53. The van der Waals surface area contributed by atoms with E-state index in [4.69, 9.17) is 10.5 Å². The predicted octanol–water partition coefficient (Wildman–Crippen LogP) is 4.56. The third-order valence-electron chi connectivity index (χ3n) is 4.57. The monoisotopic (exact) mass is 361 g/mol. The fourth-order valence-electron chi connectivity index (χ4n) is 3.13. The second-order valence-electron chi connectivity index (χ2n) is 6.72. The average molecular weight is 361 g/mol. The van der Waals surface area contributed by atoms with Gasteiger partial charge >= 0.3 is 6.18 Å². The van der Waals surface area contributed by atoms with Crippen LogP contribution in [0.5, 0.6) is 0 Å². The first-order valence-electron chi connectivity index (χ1n) is 8.42. The molecule has 1 aromatic carbocycles. The van der Waals surface area contributed by atoms with E-state index in [0.29, 0.717) is 31.2 Å². The summed E-state index contributed by atoms with van der Waals surface area (Å²) < 4.78 is 55.4. The first-order valence-corrected chi connectivity index (χ1v) is 8.42. The fourth-order valence-corrected chi connectivity index (χ4v) is 3.13. The van der Waals surface area contributed by atoms with Gasteiger partial charge in [0.15, 0.2) is 5.78 Å². The lowest BCUT2D eigenvalue weighted by Gasteiger charge is -2.28. The van der Waals surface area contributed by atoms with Crippen molar-refractivity contribution in [2.75, 3.05) is 6.61 Å². The minimum Gasteiger partial charge on any atom is -0.369 e. The molecule has 140 valence electrons. The van der Waals surface area contributed by atoms with Crippen LogP contribution in [0.3, 0.4) is 0 Å². The van der Waals surface area contributed by atoms with Crippen LogP contribution in [0, 0.1) is 11.7 Å². The molecule has 1 atom stereocenters. The molecule has 0 radical (unpaired) electrons. The zero-order valence-electron chi connectivity index (χ0n) is 14.1. The van der Waals surface area contributed by atoms with Gasteiger partial charge in [0, 0.05) is 12.5 Å². The molecule has 2 rings (SSSR count). The molecule has 0 amide bonds. The number of ether oxygens (including phenoxy) is 1. The number of carbonyl (C=O) groups is 1. The fraction of sp³-hybridized carbons (Fsp3) is 0.611. The van der Waals surface area contributed by atoms with Crippen LogP contribution in [-0.2, 0) is 4.74 Å². The summed E-state index contributed by atoms with van der Waals surface area (Å²) in [4.78, 5) is 12.3. The zero-order chi connectivity index (χ0) is 18.6. The number of carbonyl (C=O) groups excluding carboxylic acids is 1. The van der Waals surface area contributed by atoms with Gasteiger partial charge in [-0.1, -0.05) is 6.07 Å². The molecule has 1 fully saturated rings. The maximum atomic E-state index is 14.1. The molecule has 25 heavy (non-hydrogen) atoms. The minimum absolute atomic E-state index is 0.0415. The molecule has 0 aliphatic heterocycles. The zero-order valence-corrected chi connectivity index (χ0v) is 14.1. The Hall–Kier alpha value is -1.47. The first kappa shape index (κ1) is 19.8. The van der Waals surface area contributed by atoms with Crippen LogP contribution in [0.15, 0.2) is 18.2 Å². The SMILES string of the molecule is C[C@H](N)c1ccc(C(=O)CC2CCC(OCC(F)(F)F)CC2)c(F)c1. The van der Waals surface area contributed by atoms with Gasteiger partial charge in [0.1, 0.15) is 12.4 Å². The van der Waals surface area contributed by atoms with Crippen LogP contribution in [0.2, 0.25) is 0 Å². The molecule has 1 aliphatic rings. The van der Waals surface area contributed by atoms with Crippen LogP contribution in [0.25, 0.3) is 0 Å². The largest absolute Gasteiger partial charge is 0.411 e. The summed E-state index contributed by atoms with van der Waals surface area (Å²) in [6, 6.07) is 4.06. The topological polar surface area (TPSA) is 52.3 Å². The normalized spacial score (nSPS) is 22.6. The van der Waals surface area contributed by atoms with Crippen molar-refractivity contribution in [1.29, 1.82) is 0 Å². The molecule has 1 saturated carbocycles. The van der Waals surface area contributed by atoms with Crippen LogP contribution < -0.4 is 5.73 Å². The van der Waals surface area contributed by atoms with Crippen molar-refractivity contribution >= 4 is 5.78 Å². The first-order chi connectivity index (χ1) is 11.7. The van der Waals surface area contributed by atoms with E-state index in [1.807, 2.05) is 0 Å². The van der Waals surface area contributed by atoms with Crippen molar-refractivity contribution < 1.29 is 27.1 Å². The molecule has 2 N–H and O–H groups in total. The van der Waals surface area contributed by atoms with Gasteiger partial charge in [-0.2, -0.15) is 13.2 Å². The molecular formula is C18H23F4NO2. The van der Waals surface area contributed by atoms with Crippen molar-refractivity contribution in [3.05, 3.63) is 35.1 Å². The standard InChI is InChI=1S/C18H23F4NO2/c1-11(23)13-4-7-15(16(19)9-13)17(24)8-12-2-5-14(6-3-12)25-10-18(20,21)22/h4,7,9,11-12,14H,2-3,5-6,8,10,23H2,1H3/t11-,12?,14?/m0/s1. The van der Waals surface area contributed by atoms with Crippen molar-refractivity contribution in [3.63, 3.8) is 0 Å². The Labute approximate surface area is 144 Å². The van der Waals surface area contributed by atoms with Crippen LogP contribution >= 0.6 is 0 Å². The number of ketones is 1. The molecule has 0 unspecified atom stereocenters. The second-order valence-corrected chi connectivity index (χ2v) is 6.72. The summed E-state index contributed by atoms with van der Waals surface area (Å²) in [6.07, 6.45) is -2.37. The molecule has 7 heteroatoms. The minimum atomic E-state index is -4.32. The molecule has 0 aromatic heterocycles. The van der Waals surface area contributed by atoms with E-state index < -0.39 is 24.7 Å². The highest BCUT2D eigenvalue weighted by atomic mass is 19.4. The molecule has 1 aliphatic carbocycles. The summed E-state index contributed by atoms with van der Waals surface area (Å²) >= 11 is 0. The summed E-state index contributed by atoms with van der Waals surface area (Å²) in [6.45, 7) is 0.494. The van der Waals surface area contributed by atoms with Crippen molar-refractivity contribution in [2.45, 2.75) is 57.3 Å².